The van der Waals surface area contributed by atoms with E-state index >= 15 is 0 Å². The Bertz CT molecular complexity index is 486. The molecule has 0 amide bonds. The van der Waals surface area contributed by atoms with Crippen LogP contribution in [-0.4, -0.2) is 14.6 Å². The molecule has 0 aromatic carbocycles. The number of pyridine rings is 1. The lowest BCUT2D eigenvalue weighted by atomic mass is 10.1. The molecule has 5 nitrogen and oxygen atoms in total. The number of rotatable bonds is 3. The zero-order chi connectivity index (χ0) is 11.5. The van der Waals surface area contributed by atoms with E-state index in [1.807, 2.05) is 6.92 Å². The highest BCUT2D eigenvalue weighted by Gasteiger charge is 2.18. The van der Waals surface area contributed by atoms with Gasteiger partial charge in [0.1, 0.15) is 5.82 Å². The van der Waals surface area contributed by atoms with Crippen molar-refractivity contribution in [3.63, 3.8) is 0 Å². The molecule has 0 spiro atoms. The molecule has 0 aliphatic heterocycles. The largest absolute Gasteiger partial charge is 0.271 e. The molecule has 0 saturated heterocycles. The highest BCUT2D eigenvalue weighted by Crippen LogP contribution is 2.25. The van der Waals surface area contributed by atoms with E-state index in [2.05, 4.69) is 20.0 Å². The van der Waals surface area contributed by atoms with Gasteiger partial charge < -0.3 is 0 Å². The highest BCUT2D eigenvalue weighted by molar-refractivity contribution is 7.05. The van der Waals surface area contributed by atoms with Crippen molar-refractivity contribution in [1.29, 1.82) is 0 Å². The molecule has 0 aliphatic carbocycles. The second-order valence-corrected chi connectivity index (χ2v) is 4.04. The Morgan fingerprint density at radius 1 is 1.50 bits per heavy atom. The van der Waals surface area contributed by atoms with E-state index in [0.717, 1.165) is 16.8 Å². The smallest absolute Gasteiger partial charge is 0.141 e. The fourth-order valence-electron chi connectivity index (χ4n) is 1.41. The number of nitrogens with two attached hydrogens (primary N) is 1. The van der Waals surface area contributed by atoms with Crippen LogP contribution in [0.25, 0.3) is 0 Å². The number of hydrazine groups is 1. The van der Waals surface area contributed by atoms with E-state index in [9.17, 15) is 4.39 Å². The van der Waals surface area contributed by atoms with Crippen LogP contribution < -0.4 is 11.3 Å². The Morgan fingerprint density at radius 3 is 2.88 bits per heavy atom. The van der Waals surface area contributed by atoms with Crippen molar-refractivity contribution in [2.24, 2.45) is 5.84 Å². The summed E-state index contributed by atoms with van der Waals surface area (Å²) < 4.78 is 16.9. The minimum atomic E-state index is -0.395. The predicted octanol–water partition coefficient (Wildman–Crippen LogP) is 0.933. The van der Waals surface area contributed by atoms with E-state index in [-0.39, 0.29) is 6.04 Å². The third-order valence-electron chi connectivity index (χ3n) is 2.17. The van der Waals surface area contributed by atoms with Gasteiger partial charge >= 0.3 is 0 Å². The van der Waals surface area contributed by atoms with Crippen molar-refractivity contribution in [2.75, 3.05) is 0 Å². The Kier molecular flexibility index (Phi) is 3.18. The Balaban J connectivity index is 2.40. The Labute approximate surface area is 95.7 Å². The maximum atomic E-state index is 13.0. The summed E-state index contributed by atoms with van der Waals surface area (Å²) in [5, 5.41) is 3.89. The van der Waals surface area contributed by atoms with E-state index in [1.165, 1.54) is 17.6 Å². The van der Waals surface area contributed by atoms with Crippen LogP contribution in [0.15, 0.2) is 18.5 Å². The summed E-state index contributed by atoms with van der Waals surface area (Å²) in [4.78, 5) is 4.64. The number of nitrogens with zero attached hydrogens (tertiary/aromatic N) is 3. The molecular weight excluding hydrogens is 229 g/mol. The summed E-state index contributed by atoms with van der Waals surface area (Å²) in [6.07, 6.45) is 2.71. The van der Waals surface area contributed by atoms with Gasteiger partial charge in [-0.05, 0) is 30.1 Å². The minimum absolute atomic E-state index is 0.330. The molecule has 0 fully saturated rings. The van der Waals surface area contributed by atoms with Gasteiger partial charge in [0.25, 0.3) is 0 Å². The third kappa shape index (κ3) is 2.06. The highest BCUT2D eigenvalue weighted by atomic mass is 32.1. The molecule has 16 heavy (non-hydrogen) atoms. The van der Waals surface area contributed by atoms with Gasteiger partial charge in [-0.25, -0.2) is 9.82 Å². The van der Waals surface area contributed by atoms with Crippen LogP contribution in [0.5, 0.6) is 0 Å². The van der Waals surface area contributed by atoms with Crippen LogP contribution in [0, 0.1) is 12.7 Å². The molecule has 3 N–H and O–H groups in total. The summed E-state index contributed by atoms with van der Waals surface area (Å²) in [6, 6.07) is 1.06. The average molecular weight is 239 g/mol. The Hall–Kier alpha value is -1.44. The van der Waals surface area contributed by atoms with Crippen molar-refractivity contribution in [3.8, 4) is 0 Å². The zero-order valence-corrected chi connectivity index (χ0v) is 9.33. The standard InChI is InChI=1S/C9H10FN5S/c1-5-9(16-15-14-5)8(13-11)6-2-7(10)4-12-3-6/h2-4,8,13H,11H2,1H3. The van der Waals surface area contributed by atoms with Crippen molar-refractivity contribution >= 4 is 11.5 Å². The molecule has 7 heteroatoms. The maximum Gasteiger partial charge on any atom is 0.141 e. The van der Waals surface area contributed by atoms with Gasteiger partial charge in [-0.2, -0.15) is 0 Å². The van der Waals surface area contributed by atoms with Crippen LogP contribution in [0.3, 0.4) is 0 Å². The lowest BCUT2D eigenvalue weighted by molar-refractivity contribution is 0.599. The molecular formula is C9H10FN5S. The van der Waals surface area contributed by atoms with E-state index < -0.39 is 5.82 Å². The van der Waals surface area contributed by atoms with Crippen LogP contribution >= 0.6 is 11.5 Å². The summed E-state index contributed by atoms with van der Waals surface area (Å²) in [5.74, 6) is 5.07. The molecule has 0 bridgehead atoms. The Morgan fingerprint density at radius 2 is 2.31 bits per heavy atom. The normalized spacial score (nSPS) is 12.7. The first kappa shape index (κ1) is 11.1. The van der Waals surface area contributed by atoms with E-state index in [4.69, 9.17) is 5.84 Å². The average Bonchev–Trinajstić information content (AvgIpc) is 2.67. The van der Waals surface area contributed by atoms with Crippen LogP contribution in [0.1, 0.15) is 22.2 Å². The number of hydrogen-bond donors (Lipinski definition) is 2. The topological polar surface area (TPSA) is 76.7 Å². The van der Waals surface area contributed by atoms with Crippen molar-refractivity contribution < 1.29 is 4.39 Å². The molecule has 84 valence electrons. The fourth-order valence-corrected chi connectivity index (χ4v) is 2.15. The molecule has 2 aromatic heterocycles. The summed E-state index contributed by atoms with van der Waals surface area (Å²) in [5.41, 5.74) is 4.04. The van der Waals surface area contributed by atoms with E-state index in [1.54, 1.807) is 6.20 Å². The van der Waals surface area contributed by atoms with Crippen molar-refractivity contribution in [2.45, 2.75) is 13.0 Å². The monoisotopic (exact) mass is 239 g/mol. The summed E-state index contributed by atoms with van der Waals surface area (Å²) in [7, 11) is 0. The minimum Gasteiger partial charge on any atom is -0.271 e. The first-order valence-electron chi connectivity index (χ1n) is 4.58. The molecule has 1 unspecified atom stereocenters. The molecule has 2 heterocycles. The van der Waals surface area contributed by atoms with Crippen LogP contribution in [0.2, 0.25) is 0 Å². The molecule has 2 aromatic rings. The van der Waals surface area contributed by atoms with Gasteiger partial charge in [0.05, 0.1) is 22.8 Å². The number of halogens is 1. The number of aryl methyl sites for hydroxylation is 1. The first-order chi connectivity index (χ1) is 7.72. The van der Waals surface area contributed by atoms with Crippen molar-refractivity contribution in [3.05, 3.63) is 40.4 Å². The van der Waals surface area contributed by atoms with Gasteiger partial charge in [-0.1, -0.05) is 4.49 Å². The molecule has 0 radical (unpaired) electrons. The van der Waals surface area contributed by atoms with Gasteiger partial charge in [-0.3, -0.25) is 10.8 Å². The second kappa shape index (κ2) is 4.60. The quantitative estimate of drug-likeness (QED) is 0.615. The van der Waals surface area contributed by atoms with Gasteiger partial charge in [0.2, 0.25) is 0 Å². The van der Waals surface area contributed by atoms with Crippen LogP contribution in [0.4, 0.5) is 4.39 Å². The molecule has 2 rings (SSSR count). The first-order valence-corrected chi connectivity index (χ1v) is 5.35. The SMILES string of the molecule is Cc1nnsc1C(NN)c1cncc(F)c1. The fraction of sp³-hybridized carbons (Fsp3) is 0.222. The van der Waals surface area contributed by atoms with E-state index in [0.29, 0.717) is 5.56 Å². The van der Waals surface area contributed by atoms with Crippen LogP contribution in [-0.2, 0) is 0 Å². The number of nitrogens with one attached hydrogen (secondary N) is 1. The lowest BCUT2D eigenvalue weighted by Gasteiger charge is -2.13. The zero-order valence-electron chi connectivity index (χ0n) is 8.51. The number of aromatic nitrogens is 3. The molecule has 0 aliphatic rings. The van der Waals surface area contributed by atoms with Gasteiger partial charge in [0, 0.05) is 6.20 Å². The summed E-state index contributed by atoms with van der Waals surface area (Å²) in [6.45, 7) is 1.83. The second-order valence-electron chi connectivity index (χ2n) is 3.26. The third-order valence-corrected chi connectivity index (χ3v) is 3.07. The van der Waals surface area contributed by atoms with Crippen molar-refractivity contribution in [1.82, 2.24) is 20.0 Å². The maximum absolute atomic E-state index is 13.0. The number of hydrogen-bond acceptors (Lipinski definition) is 6. The van der Waals surface area contributed by atoms with Gasteiger partial charge in [0.15, 0.2) is 0 Å². The predicted molar refractivity (Wildman–Crippen MR) is 58.0 cm³/mol. The molecule has 0 saturated carbocycles. The summed E-state index contributed by atoms with van der Waals surface area (Å²) >= 11 is 1.23. The molecule has 1 atom stereocenters. The van der Waals surface area contributed by atoms with Gasteiger partial charge in [-0.15, -0.1) is 5.10 Å². The lowest BCUT2D eigenvalue weighted by Crippen LogP contribution is -2.28.